The van der Waals surface area contributed by atoms with E-state index >= 15 is 0 Å². The van der Waals surface area contributed by atoms with Gasteiger partial charge in [-0.2, -0.15) is 5.10 Å². The van der Waals surface area contributed by atoms with Crippen LogP contribution in [0.3, 0.4) is 0 Å². The monoisotopic (exact) mass is 561 g/mol. The van der Waals surface area contributed by atoms with Gasteiger partial charge in [-0.05, 0) is 44.5 Å². The Bertz CT molecular complexity index is 1510. The van der Waals surface area contributed by atoms with Crippen LogP contribution in [0, 0.1) is 6.92 Å². The zero-order chi connectivity index (χ0) is 29.5. The SMILES string of the molecule is C=CCn1c(C)c(/C=N\N[C@H](O)COc2ccc([C@H]3NC(=O)NC(C)=C3C(=O)OC)cc2OCC)c2ccccc21. The Balaban J connectivity index is 1.47. The number of amides is 2. The van der Waals surface area contributed by atoms with Crippen LogP contribution >= 0.6 is 0 Å². The van der Waals surface area contributed by atoms with Crippen molar-refractivity contribution in [3.05, 3.63) is 83.2 Å². The highest BCUT2D eigenvalue weighted by molar-refractivity contribution is 6.01. The molecule has 0 aliphatic carbocycles. The van der Waals surface area contributed by atoms with Crippen molar-refractivity contribution < 1.29 is 28.9 Å². The molecule has 11 nitrogen and oxygen atoms in total. The molecule has 4 rings (SSSR count). The number of ether oxygens (including phenoxy) is 3. The summed E-state index contributed by atoms with van der Waals surface area (Å²) in [4.78, 5) is 24.6. The van der Waals surface area contributed by atoms with Gasteiger partial charge >= 0.3 is 12.0 Å². The first-order valence-electron chi connectivity index (χ1n) is 13.2. The van der Waals surface area contributed by atoms with E-state index in [0.717, 1.165) is 22.2 Å². The molecule has 0 saturated heterocycles. The summed E-state index contributed by atoms with van der Waals surface area (Å²) in [6.07, 6.45) is 2.42. The lowest BCUT2D eigenvalue weighted by atomic mass is 9.95. The molecule has 2 aromatic carbocycles. The maximum absolute atomic E-state index is 12.4. The number of hydrazone groups is 1. The van der Waals surface area contributed by atoms with E-state index in [0.29, 0.717) is 35.9 Å². The molecule has 1 aromatic heterocycles. The summed E-state index contributed by atoms with van der Waals surface area (Å²) in [6.45, 7) is 10.2. The molecule has 41 heavy (non-hydrogen) atoms. The molecule has 0 saturated carbocycles. The van der Waals surface area contributed by atoms with Gasteiger partial charge in [-0.3, -0.25) is 5.43 Å². The Morgan fingerprint density at radius 3 is 2.73 bits per heavy atom. The molecule has 0 spiro atoms. The van der Waals surface area contributed by atoms with E-state index in [1.54, 1.807) is 31.3 Å². The van der Waals surface area contributed by atoms with Crippen LogP contribution in [0.5, 0.6) is 11.5 Å². The number of hydrogen-bond acceptors (Lipinski definition) is 8. The minimum absolute atomic E-state index is 0.121. The Labute approximate surface area is 238 Å². The fraction of sp³-hybridized carbons (Fsp3) is 0.300. The summed E-state index contributed by atoms with van der Waals surface area (Å²) in [5.74, 6) is 0.207. The summed E-state index contributed by atoms with van der Waals surface area (Å²) >= 11 is 0. The normalized spacial score (nSPS) is 15.8. The van der Waals surface area contributed by atoms with E-state index in [2.05, 4.69) is 32.3 Å². The van der Waals surface area contributed by atoms with E-state index in [1.165, 1.54) is 7.11 Å². The van der Waals surface area contributed by atoms with Crippen molar-refractivity contribution in [3.8, 4) is 11.5 Å². The number of aliphatic hydroxyl groups excluding tert-OH is 1. The summed E-state index contributed by atoms with van der Waals surface area (Å²) in [6, 6.07) is 11.9. The summed E-state index contributed by atoms with van der Waals surface area (Å²) in [7, 11) is 1.28. The number of nitrogens with zero attached hydrogens (tertiary/aromatic N) is 2. The second-order valence-corrected chi connectivity index (χ2v) is 9.33. The third-order valence-corrected chi connectivity index (χ3v) is 6.68. The minimum Gasteiger partial charge on any atom is -0.490 e. The van der Waals surface area contributed by atoms with E-state index in [-0.39, 0.29) is 12.2 Å². The van der Waals surface area contributed by atoms with Crippen molar-refractivity contribution in [3.63, 3.8) is 0 Å². The molecule has 0 bridgehead atoms. The molecule has 3 aromatic rings. The van der Waals surface area contributed by atoms with Crippen LogP contribution in [0.25, 0.3) is 10.9 Å². The van der Waals surface area contributed by atoms with Gasteiger partial charge in [0.05, 0.1) is 31.5 Å². The van der Waals surface area contributed by atoms with Gasteiger partial charge in [0.1, 0.15) is 6.61 Å². The van der Waals surface area contributed by atoms with Crippen molar-refractivity contribution in [2.75, 3.05) is 20.3 Å². The van der Waals surface area contributed by atoms with Crippen LogP contribution in [-0.4, -0.2) is 54.4 Å². The Kier molecular flexibility index (Phi) is 9.30. The van der Waals surface area contributed by atoms with Crippen molar-refractivity contribution in [2.24, 2.45) is 5.10 Å². The number of para-hydroxylation sites is 1. The largest absolute Gasteiger partial charge is 0.490 e. The Hall–Kier alpha value is -4.77. The third kappa shape index (κ3) is 6.36. The van der Waals surface area contributed by atoms with E-state index in [4.69, 9.17) is 14.2 Å². The van der Waals surface area contributed by atoms with Crippen molar-refractivity contribution in [1.82, 2.24) is 20.6 Å². The van der Waals surface area contributed by atoms with Crippen LogP contribution < -0.4 is 25.5 Å². The molecule has 2 heterocycles. The fourth-order valence-electron chi connectivity index (χ4n) is 4.80. The molecule has 216 valence electrons. The first-order chi connectivity index (χ1) is 19.8. The number of esters is 1. The maximum Gasteiger partial charge on any atom is 0.337 e. The molecule has 0 fully saturated rings. The topological polar surface area (TPSA) is 135 Å². The molecule has 2 amide bonds. The average Bonchev–Trinajstić information content (AvgIpc) is 3.22. The standard InChI is InChI=1S/C30H35N5O6/c1-6-14-35-19(4)22(21-10-8-9-11-23(21)35)16-31-34-26(36)17-41-24-13-12-20(15-25(24)40-7-2)28-27(29(37)39-5)18(3)32-30(38)33-28/h6,8-13,15-16,26,28,34,36H,1,7,14,17H2,2-5H3,(H2,32,33,38)/b31-16-/t26-,28-/m1/s1. The lowest BCUT2D eigenvalue weighted by molar-refractivity contribution is -0.136. The first-order valence-corrected chi connectivity index (χ1v) is 13.2. The maximum atomic E-state index is 12.4. The second kappa shape index (κ2) is 13.1. The predicted molar refractivity (Wildman–Crippen MR) is 156 cm³/mol. The zero-order valence-corrected chi connectivity index (χ0v) is 23.6. The number of carbonyl (C=O) groups excluding carboxylic acids is 2. The van der Waals surface area contributed by atoms with Gasteiger partial charge in [0.25, 0.3) is 0 Å². The van der Waals surface area contributed by atoms with Gasteiger partial charge in [0.15, 0.2) is 17.7 Å². The van der Waals surface area contributed by atoms with Gasteiger partial charge in [0.2, 0.25) is 0 Å². The first kappa shape index (κ1) is 29.2. The summed E-state index contributed by atoms with van der Waals surface area (Å²) in [5, 5.41) is 21.1. The second-order valence-electron chi connectivity index (χ2n) is 9.33. The number of fused-ring (bicyclic) bond motifs is 1. The smallest absolute Gasteiger partial charge is 0.337 e. The zero-order valence-electron chi connectivity index (χ0n) is 23.6. The highest BCUT2D eigenvalue weighted by Gasteiger charge is 2.32. The summed E-state index contributed by atoms with van der Waals surface area (Å²) < 4.78 is 18.7. The number of nitrogens with one attached hydrogen (secondary N) is 3. The molecular weight excluding hydrogens is 526 g/mol. The highest BCUT2D eigenvalue weighted by Crippen LogP contribution is 2.35. The molecular formula is C30H35N5O6. The number of urea groups is 1. The molecule has 11 heteroatoms. The van der Waals surface area contributed by atoms with E-state index in [9.17, 15) is 14.7 Å². The quantitative estimate of drug-likeness (QED) is 0.0871. The van der Waals surface area contributed by atoms with Crippen LogP contribution in [0.2, 0.25) is 0 Å². The summed E-state index contributed by atoms with van der Waals surface area (Å²) in [5.41, 5.74) is 7.04. The predicted octanol–water partition coefficient (Wildman–Crippen LogP) is 3.66. The number of rotatable bonds is 12. The van der Waals surface area contributed by atoms with Crippen LogP contribution in [-0.2, 0) is 16.1 Å². The van der Waals surface area contributed by atoms with Gasteiger partial charge in [-0.1, -0.05) is 30.3 Å². The van der Waals surface area contributed by atoms with Gasteiger partial charge in [0, 0.05) is 34.4 Å². The minimum atomic E-state index is -1.11. The Morgan fingerprint density at radius 2 is 2.00 bits per heavy atom. The van der Waals surface area contributed by atoms with Crippen LogP contribution in [0.4, 0.5) is 4.79 Å². The molecule has 1 aliphatic rings. The molecule has 4 N–H and O–H groups in total. The number of aliphatic hydroxyl groups is 1. The average molecular weight is 562 g/mol. The molecule has 0 unspecified atom stereocenters. The Morgan fingerprint density at radius 1 is 1.22 bits per heavy atom. The number of methoxy groups -OCH3 is 1. The molecule has 2 atom stereocenters. The molecule has 0 radical (unpaired) electrons. The number of benzene rings is 2. The number of allylic oxidation sites excluding steroid dienone is 2. The van der Waals surface area contributed by atoms with Gasteiger partial charge in [-0.15, -0.1) is 6.58 Å². The lowest BCUT2D eigenvalue weighted by Gasteiger charge is -2.28. The molecule has 1 aliphatic heterocycles. The van der Waals surface area contributed by atoms with Crippen LogP contribution in [0.15, 0.2) is 71.5 Å². The number of aromatic nitrogens is 1. The number of hydrogen-bond donors (Lipinski definition) is 4. The fourth-order valence-corrected chi connectivity index (χ4v) is 4.80. The van der Waals surface area contributed by atoms with Gasteiger partial charge in [-0.25, -0.2) is 9.59 Å². The van der Waals surface area contributed by atoms with Crippen molar-refractivity contribution in [1.29, 1.82) is 0 Å². The highest BCUT2D eigenvalue weighted by atomic mass is 16.5. The van der Waals surface area contributed by atoms with Crippen molar-refractivity contribution in [2.45, 2.75) is 39.6 Å². The van der Waals surface area contributed by atoms with E-state index < -0.39 is 24.3 Å². The number of carbonyl (C=O) groups is 2. The van der Waals surface area contributed by atoms with E-state index in [1.807, 2.05) is 44.2 Å². The van der Waals surface area contributed by atoms with Crippen molar-refractivity contribution >= 4 is 29.1 Å². The van der Waals surface area contributed by atoms with Gasteiger partial charge < -0.3 is 34.5 Å². The third-order valence-electron chi connectivity index (χ3n) is 6.68. The lowest BCUT2D eigenvalue weighted by Crippen LogP contribution is -2.45. The van der Waals surface area contributed by atoms with Crippen LogP contribution in [0.1, 0.15) is 36.7 Å².